The van der Waals surface area contributed by atoms with Gasteiger partial charge in [0, 0.05) is 12.0 Å². The molecule has 3 rings (SSSR count). The second-order valence-electron chi connectivity index (χ2n) is 5.14. The summed E-state index contributed by atoms with van der Waals surface area (Å²) < 4.78 is 0. The molecular formula is C15H16O3. The Hall–Kier alpha value is -1.74. The summed E-state index contributed by atoms with van der Waals surface area (Å²) in [6.45, 7) is 1.92. The van der Waals surface area contributed by atoms with Crippen LogP contribution in [-0.4, -0.2) is 21.4 Å². The van der Waals surface area contributed by atoms with E-state index in [-0.39, 0.29) is 11.5 Å². The minimum atomic E-state index is -0.395. The molecule has 0 fully saturated rings. The van der Waals surface area contributed by atoms with Gasteiger partial charge < -0.3 is 15.3 Å². The van der Waals surface area contributed by atoms with Crippen molar-refractivity contribution in [1.29, 1.82) is 0 Å². The summed E-state index contributed by atoms with van der Waals surface area (Å²) in [5, 5.41) is 31.3. The van der Waals surface area contributed by atoms with E-state index in [4.69, 9.17) is 0 Å². The van der Waals surface area contributed by atoms with Gasteiger partial charge in [0.2, 0.25) is 0 Å². The van der Waals surface area contributed by atoms with E-state index in [9.17, 15) is 15.3 Å². The standard InChI is InChI=1S/C15H16O3/c1-8-4-10-6-9-2-3-11(16)7-12(9)15(18)14(10)13(17)5-8/h4-6,11,16-18H,2-3,7H2,1H3/t11-/m1/s1. The maximum Gasteiger partial charge on any atom is 0.130 e. The zero-order valence-electron chi connectivity index (χ0n) is 10.3. The van der Waals surface area contributed by atoms with Crippen molar-refractivity contribution < 1.29 is 15.3 Å². The van der Waals surface area contributed by atoms with Crippen LogP contribution < -0.4 is 0 Å². The Bertz CT molecular complexity index is 631. The monoisotopic (exact) mass is 244 g/mol. The smallest absolute Gasteiger partial charge is 0.130 e. The largest absolute Gasteiger partial charge is 0.507 e. The van der Waals surface area contributed by atoms with E-state index in [1.807, 2.05) is 19.1 Å². The average molecular weight is 244 g/mol. The number of phenols is 2. The summed E-state index contributed by atoms with van der Waals surface area (Å²) >= 11 is 0. The van der Waals surface area contributed by atoms with Crippen LogP contribution in [0.25, 0.3) is 10.8 Å². The molecule has 0 saturated carbocycles. The van der Waals surface area contributed by atoms with Crippen LogP contribution in [0.5, 0.6) is 11.5 Å². The molecule has 0 amide bonds. The quantitative estimate of drug-likeness (QED) is 0.667. The minimum Gasteiger partial charge on any atom is -0.507 e. The minimum absolute atomic E-state index is 0.102. The number of fused-ring (bicyclic) bond motifs is 2. The van der Waals surface area contributed by atoms with Gasteiger partial charge in [-0.1, -0.05) is 12.1 Å². The van der Waals surface area contributed by atoms with Gasteiger partial charge in [0.25, 0.3) is 0 Å². The van der Waals surface area contributed by atoms with E-state index in [2.05, 4.69) is 0 Å². The highest BCUT2D eigenvalue weighted by Crippen LogP contribution is 2.40. The van der Waals surface area contributed by atoms with Crippen molar-refractivity contribution in [3.63, 3.8) is 0 Å². The van der Waals surface area contributed by atoms with Crippen LogP contribution in [0.1, 0.15) is 23.1 Å². The molecule has 0 saturated heterocycles. The van der Waals surface area contributed by atoms with E-state index in [0.29, 0.717) is 11.8 Å². The van der Waals surface area contributed by atoms with Gasteiger partial charge in [0.1, 0.15) is 11.5 Å². The van der Waals surface area contributed by atoms with Crippen molar-refractivity contribution in [1.82, 2.24) is 0 Å². The number of aliphatic hydroxyl groups is 1. The first-order valence-corrected chi connectivity index (χ1v) is 6.21. The van der Waals surface area contributed by atoms with E-state index < -0.39 is 6.10 Å². The molecule has 2 aromatic carbocycles. The van der Waals surface area contributed by atoms with Crippen LogP contribution in [0.2, 0.25) is 0 Å². The summed E-state index contributed by atoms with van der Waals surface area (Å²) in [5.74, 6) is 0.226. The number of hydrogen-bond donors (Lipinski definition) is 3. The van der Waals surface area contributed by atoms with Gasteiger partial charge in [-0.25, -0.2) is 0 Å². The molecule has 3 N–H and O–H groups in total. The lowest BCUT2D eigenvalue weighted by Gasteiger charge is -2.23. The summed E-state index contributed by atoms with van der Waals surface area (Å²) in [6, 6.07) is 5.62. The Balaban J connectivity index is 2.34. The predicted molar refractivity (Wildman–Crippen MR) is 70.0 cm³/mol. The van der Waals surface area contributed by atoms with Crippen LogP contribution >= 0.6 is 0 Å². The summed E-state index contributed by atoms with van der Waals surface area (Å²) in [5.41, 5.74) is 2.82. The van der Waals surface area contributed by atoms with Gasteiger partial charge in [-0.05, 0) is 42.3 Å². The molecule has 0 unspecified atom stereocenters. The Kier molecular flexibility index (Phi) is 2.45. The lowest BCUT2D eigenvalue weighted by atomic mass is 9.86. The molecule has 0 radical (unpaired) electrons. The number of aliphatic hydroxyl groups excluding tert-OH is 1. The summed E-state index contributed by atoms with van der Waals surface area (Å²) in [7, 11) is 0. The highest BCUT2D eigenvalue weighted by atomic mass is 16.3. The van der Waals surface area contributed by atoms with E-state index in [0.717, 1.165) is 34.9 Å². The molecule has 3 heteroatoms. The fourth-order valence-corrected chi connectivity index (χ4v) is 2.86. The highest BCUT2D eigenvalue weighted by molar-refractivity contribution is 5.95. The molecule has 18 heavy (non-hydrogen) atoms. The van der Waals surface area contributed by atoms with Crippen LogP contribution in [-0.2, 0) is 12.8 Å². The molecule has 1 aliphatic rings. The molecule has 1 atom stereocenters. The van der Waals surface area contributed by atoms with Gasteiger partial charge in [-0.2, -0.15) is 0 Å². The van der Waals surface area contributed by atoms with Gasteiger partial charge in [-0.3, -0.25) is 0 Å². The number of benzene rings is 2. The van der Waals surface area contributed by atoms with Gasteiger partial charge >= 0.3 is 0 Å². The van der Waals surface area contributed by atoms with E-state index >= 15 is 0 Å². The number of phenolic OH excluding ortho intramolecular Hbond substituents is 2. The third kappa shape index (κ3) is 1.63. The third-order valence-corrected chi connectivity index (χ3v) is 3.72. The fourth-order valence-electron chi connectivity index (χ4n) is 2.86. The molecule has 0 aromatic heterocycles. The molecule has 0 heterocycles. The highest BCUT2D eigenvalue weighted by Gasteiger charge is 2.22. The van der Waals surface area contributed by atoms with Crippen molar-refractivity contribution in [2.75, 3.05) is 0 Å². The molecule has 0 spiro atoms. The number of aromatic hydroxyl groups is 2. The molecular weight excluding hydrogens is 228 g/mol. The molecule has 1 aliphatic carbocycles. The molecule has 94 valence electrons. The predicted octanol–water partition coefficient (Wildman–Crippen LogP) is 2.41. The Labute approximate surface area is 105 Å². The van der Waals surface area contributed by atoms with Crippen molar-refractivity contribution in [2.24, 2.45) is 0 Å². The van der Waals surface area contributed by atoms with Crippen LogP contribution in [0.4, 0.5) is 0 Å². The first-order chi connectivity index (χ1) is 8.56. The number of hydrogen-bond acceptors (Lipinski definition) is 3. The van der Waals surface area contributed by atoms with Gasteiger partial charge in [0.15, 0.2) is 0 Å². The topological polar surface area (TPSA) is 60.7 Å². The fraction of sp³-hybridized carbons (Fsp3) is 0.333. The van der Waals surface area contributed by atoms with Crippen LogP contribution in [0.3, 0.4) is 0 Å². The molecule has 3 nitrogen and oxygen atoms in total. The Morgan fingerprint density at radius 1 is 1.17 bits per heavy atom. The third-order valence-electron chi connectivity index (χ3n) is 3.72. The van der Waals surface area contributed by atoms with Crippen molar-refractivity contribution >= 4 is 10.8 Å². The molecule has 2 aromatic rings. The Morgan fingerprint density at radius 3 is 2.72 bits per heavy atom. The van der Waals surface area contributed by atoms with Gasteiger partial charge in [-0.15, -0.1) is 0 Å². The zero-order chi connectivity index (χ0) is 12.9. The van der Waals surface area contributed by atoms with Crippen LogP contribution in [0.15, 0.2) is 18.2 Å². The number of aryl methyl sites for hydroxylation is 2. The summed E-state index contributed by atoms with van der Waals surface area (Å²) in [6.07, 6.45) is 1.57. The lowest BCUT2D eigenvalue weighted by molar-refractivity contribution is 0.157. The van der Waals surface area contributed by atoms with Crippen molar-refractivity contribution in [3.8, 4) is 11.5 Å². The molecule has 0 bridgehead atoms. The number of rotatable bonds is 0. The van der Waals surface area contributed by atoms with Crippen molar-refractivity contribution in [3.05, 3.63) is 34.9 Å². The van der Waals surface area contributed by atoms with Crippen molar-refractivity contribution in [2.45, 2.75) is 32.3 Å². The first-order valence-electron chi connectivity index (χ1n) is 6.21. The first kappa shape index (κ1) is 11.4. The maximum atomic E-state index is 10.3. The van der Waals surface area contributed by atoms with Crippen LogP contribution in [0, 0.1) is 6.92 Å². The maximum absolute atomic E-state index is 10.3. The van der Waals surface area contributed by atoms with Gasteiger partial charge in [0.05, 0.1) is 11.5 Å². The normalized spacial score (nSPS) is 18.9. The van der Waals surface area contributed by atoms with E-state index in [1.54, 1.807) is 6.07 Å². The summed E-state index contributed by atoms with van der Waals surface area (Å²) in [4.78, 5) is 0. The zero-order valence-corrected chi connectivity index (χ0v) is 10.3. The SMILES string of the molecule is Cc1cc(O)c2c(O)c3c(cc2c1)CC[C@@H](O)C3. The lowest BCUT2D eigenvalue weighted by Crippen LogP contribution is -2.18. The average Bonchev–Trinajstić information content (AvgIpc) is 2.29. The Morgan fingerprint density at radius 2 is 1.94 bits per heavy atom. The second-order valence-corrected chi connectivity index (χ2v) is 5.14. The molecule has 0 aliphatic heterocycles. The second kappa shape index (κ2) is 3.89. The van der Waals surface area contributed by atoms with E-state index in [1.165, 1.54) is 0 Å².